The Morgan fingerprint density at radius 3 is 1.12 bits per heavy atom. The fourth-order valence-corrected chi connectivity index (χ4v) is 9.55. The molecule has 3 N–H and O–H groups in total. The van der Waals surface area contributed by atoms with Crippen LogP contribution in [0.5, 0.6) is 0 Å². The van der Waals surface area contributed by atoms with Crippen molar-refractivity contribution in [3.8, 4) is 0 Å². The standard InChI is InChI=1S/C62H119NO5/c1-3-5-7-9-11-13-15-17-27-31-34-38-42-46-50-54-60(65)59(58-64)63-61(66)55-51-47-43-39-35-32-28-25-23-21-19-18-20-22-24-26-29-33-37-41-45-49-53-57-68-62(67)56-52-48-44-40-36-30-16-14-12-10-8-6-4-2/h18,20-21,23,59-60,64-65H,3-17,19,22,24-58H2,1-2H3,(H,63,66)/b20-18-,23-21-. The summed E-state index contributed by atoms with van der Waals surface area (Å²) >= 11 is 0. The van der Waals surface area contributed by atoms with E-state index in [1.54, 1.807) is 0 Å². The summed E-state index contributed by atoms with van der Waals surface area (Å²) in [5.41, 5.74) is 0. The van der Waals surface area contributed by atoms with Crippen LogP contribution in [0.2, 0.25) is 0 Å². The van der Waals surface area contributed by atoms with E-state index in [0.29, 0.717) is 25.9 Å². The van der Waals surface area contributed by atoms with E-state index in [-0.39, 0.29) is 18.5 Å². The van der Waals surface area contributed by atoms with Gasteiger partial charge in [-0.2, -0.15) is 0 Å². The van der Waals surface area contributed by atoms with Crippen molar-refractivity contribution in [1.29, 1.82) is 0 Å². The van der Waals surface area contributed by atoms with Crippen molar-refractivity contribution in [3.63, 3.8) is 0 Å². The van der Waals surface area contributed by atoms with Crippen molar-refractivity contribution in [2.45, 2.75) is 347 Å². The molecule has 0 fully saturated rings. The van der Waals surface area contributed by atoms with Crippen LogP contribution in [0, 0.1) is 0 Å². The number of esters is 1. The van der Waals surface area contributed by atoms with Gasteiger partial charge < -0.3 is 20.3 Å². The third-order valence-corrected chi connectivity index (χ3v) is 14.3. The number of allylic oxidation sites excluding steroid dienone is 4. The smallest absolute Gasteiger partial charge is 0.305 e. The van der Waals surface area contributed by atoms with Gasteiger partial charge in [-0.25, -0.2) is 0 Å². The molecule has 0 aliphatic carbocycles. The Kier molecular flexibility index (Phi) is 56.5. The summed E-state index contributed by atoms with van der Waals surface area (Å²) in [6.45, 7) is 4.96. The van der Waals surface area contributed by atoms with Crippen molar-refractivity contribution in [3.05, 3.63) is 24.3 Å². The van der Waals surface area contributed by atoms with Gasteiger partial charge in [0.15, 0.2) is 0 Å². The highest BCUT2D eigenvalue weighted by Gasteiger charge is 2.20. The van der Waals surface area contributed by atoms with E-state index in [9.17, 15) is 19.8 Å². The Bertz CT molecular complexity index is 1060. The highest BCUT2D eigenvalue weighted by atomic mass is 16.5. The van der Waals surface area contributed by atoms with Crippen LogP contribution in [-0.4, -0.2) is 47.4 Å². The second-order valence-corrected chi connectivity index (χ2v) is 21.0. The first-order chi connectivity index (χ1) is 33.5. The maximum absolute atomic E-state index is 12.5. The van der Waals surface area contributed by atoms with Gasteiger partial charge >= 0.3 is 5.97 Å². The first kappa shape index (κ1) is 66.3. The van der Waals surface area contributed by atoms with Gasteiger partial charge in [0, 0.05) is 12.8 Å². The summed E-state index contributed by atoms with van der Waals surface area (Å²) in [7, 11) is 0. The Labute approximate surface area is 424 Å². The van der Waals surface area contributed by atoms with Crippen molar-refractivity contribution in [2.75, 3.05) is 13.2 Å². The molecule has 0 saturated carbocycles. The quantitative estimate of drug-likeness (QED) is 0.0321. The Hall–Kier alpha value is -1.66. The first-order valence-corrected chi connectivity index (χ1v) is 30.6. The topological polar surface area (TPSA) is 95.9 Å². The molecule has 68 heavy (non-hydrogen) atoms. The second-order valence-electron chi connectivity index (χ2n) is 21.0. The Morgan fingerprint density at radius 2 is 0.735 bits per heavy atom. The Balaban J connectivity index is 3.44. The maximum Gasteiger partial charge on any atom is 0.305 e. The van der Waals surface area contributed by atoms with E-state index in [1.165, 1.54) is 257 Å². The molecule has 2 atom stereocenters. The molecule has 6 nitrogen and oxygen atoms in total. The number of hydrogen-bond donors (Lipinski definition) is 3. The van der Waals surface area contributed by atoms with Crippen LogP contribution in [0.15, 0.2) is 24.3 Å². The summed E-state index contributed by atoms with van der Waals surface area (Å²) < 4.78 is 5.47. The van der Waals surface area contributed by atoms with Crippen molar-refractivity contribution >= 4 is 11.9 Å². The number of nitrogens with one attached hydrogen (secondary N) is 1. The number of hydrogen-bond acceptors (Lipinski definition) is 5. The fraction of sp³-hybridized carbons (Fsp3) is 0.903. The molecular formula is C62H119NO5. The highest BCUT2D eigenvalue weighted by Crippen LogP contribution is 2.17. The lowest BCUT2D eigenvalue weighted by atomic mass is 10.0. The largest absolute Gasteiger partial charge is 0.466 e. The lowest BCUT2D eigenvalue weighted by Gasteiger charge is -2.22. The molecule has 402 valence electrons. The molecule has 0 rings (SSSR count). The molecule has 0 saturated heterocycles. The number of aliphatic hydroxyl groups excluding tert-OH is 2. The van der Waals surface area contributed by atoms with E-state index in [4.69, 9.17) is 4.74 Å². The summed E-state index contributed by atoms with van der Waals surface area (Å²) in [6, 6.07) is -0.548. The molecule has 2 unspecified atom stereocenters. The molecule has 1 amide bonds. The molecule has 0 aromatic heterocycles. The molecular weight excluding hydrogens is 839 g/mol. The van der Waals surface area contributed by atoms with E-state index < -0.39 is 12.1 Å². The van der Waals surface area contributed by atoms with Gasteiger partial charge in [-0.1, -0.05) is 289 Å². The number of ether oxygens (including phenoxy) is 1. The number of rotatable bonds is 57. The van der Waals surface area contributed by atoms with Gasteiger partial charge in [-0.3, -0.25) is 9.59 Å². The maximum atomic E-state index is 12.5. The van der Waals surface area contributed by atoms with Crippen molar-refractivity contribution in [1.82, 2.24) is 5.32 Å². The van der Waals surface area contributed by atoms with E-state index >= 15 is 0 Å². The van der Waals surface area contributed by atoms with Gasteiger partial charge in [0.05, 0.1) is 25.4 Å². The molecule has 0 spiro atoms. The zero-order chi connectivity index (χ0) is 49.3. The Morgan fingerprint density at radius 1 is 0.412 bits per heavy atom. The second kappa shape index (κ2) is 57.9. The van der Waals surface area contributed by atoms with Crippen LogP contribution in [0.4, 0.5) is 0 Å². The van der Waals surface area contributed by atoms with Crippen molar-refractivity contribution < 1.29 is 24.5 Å². The number of aliphatic hydroxyl groups is 2. The molecule has 0 radical (unpaired) electrons. The summed E-state index contributed by atoms with van der Waals surface area (Å²) in [5.74, 6) is -0.0348. The number of amides is 1. The fourth-order valence-electron chi connectivity index (χ4n) is 9.55. The van der Waals surface area contributed by atoms with Gasteiger partial charge in [0.1, 0.15) is 0 Å². The van der Waals surface area contributed by atoms with Crippen LogP contribution in [0.25, 0.3) is 0 Å². The predicted octanol–water partition coefficient (Wildman–Crippen LogP) is 19.0. The van der Waals surface area contributed by atoms with Gasteiger partial charge in [-0.15, -0.1) is 0 Å². The third-order valence-electron chi connectivity index (χ3n) is 14.3. The first-order valence-electron chi connectivity index (χ1n) is 30.6. The van der Waals surface area contributed by atoms with E-state index in [1.807, 2.05) is 0 Å². The molecule has 0 aromatic carbocycles. The minimum absolute atomic E-state index is 0.00889. The third kappa shape index (κ3) is 53.7. The minimum atomic E-state index is -0.670. The zero-order valence-corrected chi connectivity index (χ0v) is 45.9. The zero-order valence-electron chi connectivity index (χ0n) is 45.9. The summed E-state index contributed by atoms with van der Waals surface area (Å²) in [4.78, 5) is 24.5. The predicted molar refractivity (Wildman–Crippen MR) is 296 cm³/mol. The van der Waals surface area contributed by atoms with Gasteiger partial charge in [0.2, 0.25) is 5.91 Å². The average Bonchev–Trinajstić information content (AvgIpc) is 3.34. The number of carbonyl (C=O) groups excluding carboxylic acids is 2. The number of carbonyl (C=O) groups is 2. The monoisotopic (exact) mass is 958 g/mol. The van der Waals surface area contributed by atoms with Gasteiger partial charge in [-0.05, 0) is 57.8 Å². The highest BCUT2D eigenvalue weighted by molar-refractivity contribution is 5.76. The van der Waals surface area contributed by atoms with Crippen LogP contribution in [0.3, 0.4) is 0 Å². The van der Waals surface area contributed by atoms with E-state index in [0.717, 1.165) is 44.9 Å². The molecule has 0 bridgehead atoms. The van der Waals surface area contributed by atoms with Crippen molar-refractivity contribution in [2.24, 2.45) is 0 Å². The van der Waals surface area contributed by atoms with Crippen LogP contribution < -0.4 is 5.32 Å². The lowest BCUT2D eigenvalue weighted by molar-refractivity contribution is -0.143. The number of unbranched alkanes of at least 4 members (excludes halogenated alkanes) is 42. The van der Waals surface area contributed by atoms with Crippen LogP contribution in [-0.2, 0) is 14.3 Å². The molecule has 0 heterocycles. The van der Waals surface area contributed by atoms with Crippen LogP contribution >= 0.6 is 0 Å². The van der Waals surface area contributed by atoms with E-state index in [2.05, 4.69) is 43.5 Å². The van der Waals surface area contributed by atoms with Crippen LogP contribution in [0.1, 0.15) is 335 Å². The summed E-state index contributed by atoms with van der Waals surface area (Å²) in [6.07, 6.45) is 70.4. The SMILES string of the molecule is CCCCCCCCCCCCCCCCCC(O)C(CO)NC(=O)CCCCCCCCC/C=C\C/C=C\CCCCCCCCCCCOC(=O)CCCCCCCCCCCCCCC. The molecule has 6 heteroatoms. The molecule has 0 aliphatic heterocycles. The molecule has 0 aromatic rings. The van der Waals surface area contributed by atoms with Gasteiger partial charge in [0.25, 0.3) is 0 Å². The summed E-state index contributed by atoms with van der Waals surface area (Å²) in [5, 5.41) is 23.3. The lowest BCUT2D eigenvalue weighted by Crippen LogP contribution is -2.45. The minimum Gasteiger partial charge on any atom is -0.466 e. The average molecular weight is 959 g/mol. The molecule has 0 aliphatic rings. The normalized spacial score (nSPS) is 12.7.